The summed E-state index contributed by atoms with van der Waals surface area (Å²) < 4.78 is 0. The number of nitrogens with zero attached hydrogens (tertiary/aromatic N) is 2. The van der Waals surface area contributed by atoms with E-state index < -0.39 is 0 Å². The molecule has 0 aliphatic heterocycles. The lowest BCUT2D eigenvalue weighted by Gasteiger charge is -2.17. The average molecular weight is 281 g/mol. The van der Waals surface area contributed by atoms with Gasteiger partial charge in [0.15, 0.2) is 11.4 Å². The maximum Gasteiger partial charge on any atom is 0.230 e. The summed E-state index contributed by atoms with van der Waals surface area (Å²) in [7, 11) is 0. The van der Waals surface area contributed by atoms with E-state index in [0.29, 0.717) is 27.8 Å². The first-order chi connectivity index (χ1) is 8.61. The predicted molar refractivity (Wildman–Crippen MR) is 71.8 cm³/mol. The van der Waals surface area contributed by atoms with Gasteiger partial charge in [-0.15, -0.1) is 11.3 Å². The van der Waals surface area contributed by atoms with Gasteiger partial charge in [-0.3, -0.25) is 14.5 Å². The zero-order valence-electron chi connectivity index (χ0n) is 9.46. The number of amides is 1. The Labute approximate surface area is 113 Å². The molecule has 0 saturated heterocycles. The molecule has 18 heavy (non-hydrogen) atoms. The maximum atomic E-state index is 11.7. The first kappa shape index (κ1) is 12.7. The van der Waals surface area contributed by atoms with E-state index in [1.165, 1.54) is 23.2 Å². The number of rotatable bonds is 3. The second-order valence-electron chi connectivity index (χ2n) is 3.51. The number of hydrogen-bond donors (Lipinski definition) is 0. The molecule has 6 heteroatoms. The third-order valence-electron chi connectivity index (χ3n) is 2.20. The Kier molecular flexibility index (Phi) is 3.74. The van der Waals surface area contributed by atoms with Crippen molar-refractivity contribution in [2.45, 2.75) is 6.92 Å². The highest BCUT2D eigenvalue weighted by atomic mass is 35.5. The van der Waals surface area contributed by atoms with Gasteiger partial charge in [-0.05, 0) is 18.2 Å². The minimum Gasteiger partial charge on any atom is -0.296 e. The summed E-state index contributed by atoms with van der Waals surface area (Å²) in [5.74, 6) is -0.191. The van der Waals surface area contributed by atoms with Gasteiger partial charge in [-0.25, -0.2) is 4.98 Å². The second-order valence-corrected chi connectivity index (χ2v) is 4.78. The second kappa shape index (κ2) is 5.29. The van der Waals surface area contributed by atoms with Crippen molar-refractivity contribution < 1.29 is 9.59 Å². The van der Waals surface area contributed by atoms with Gasteiger partial charge < -0.3 is 0 Å². The van der Waals surface area contributed by atoms with E-state index in [9.17, 15) is 9.59 Å². The van der Waals surface area contributed by atoms with Gasteiger partial charge >= 0.3 is 0 Å². The maximum absolute atomic E-state index is 11.7. The first-order valence-electron chi connectivity index (χ1n) is 5.09. The zero-order valence-corrected chi connectivity index (χ0v) is 11.0. The summed E-state index contributed by atoms with van der Waals surface area (Å²) in [4.78, 5) is 27.8. The molecular formula is C12H9ClN2O2S. The molecule has 0 fully saturated rings. The molecular weight excluding hydrogens is 272 g/mol. The quantitative estimate of drug-likeness (QED) is 0.811. The molecule has 0 unspecified atom stereocenters. The molecule has 2 aromatic rings. The molecule has 1 amide bonds. The Balaban J connectivity index is 2.46. The molecule has 0 radical (unpaired) electrons. The normalized spacial score (nSPS) is 10.1. The minimum absolute atomic E-state index is 0.191. The summed E-state index contributed by atoms with van der Waals surface area (Å²) in [6.07, 6.45) is 0.649. The molecule has 1 heterocycles. The van der Waals surface area contributed by atoms with Crippen LogP contribution in [0.1, 0.15) is 17.4 Å². The van der Waals surface area contributed by atoms with Crippen LogP contribution in [0, 0.1) is 0 Å². The lowest BCUT2D eigenvalue weighted by Crippen LogP contribution is -2.22. The molecule has 92 valence electrons. The Bertz CT molecular complexity index is 597. The minimum atomic E-state index is -0.191. The molecule has 4 nitrogen and oxygen atoms in total. The van der Waals surface area contributed by atoms with Crippen LogP contribution in [-0.2, 0) is 4.79 Å². The van der Waals surface area contributed by atoms with Crippen molar-refractivity contribution in [1.29, 1.82) is 0 Å². The molecule has 0 spiro atoms. The summed E-state index contributed by atoms with van der Waals surface area (Å²) in [5, 5.41) is 2.58. The monoisotopic (exact) mass is 280 g/mol. The lowest BCUT2D eigenvalue weighted by atomic mass is 10.3. The van der Waals surface area contributed by atoms with Crippen LogP contribution in [0.3, 0.4) is 0 Å². The van der Waals surface area contributed by atoms with Crippen molar-refractivity contribution in [3.63, 3.8) is 0 Å². The molecule has 0 bridgehead atoms. The number of aromatic nitrogens is 1. The van der Waals surface area contributed by atoms with Gasteiger partial charge in [0, 0.05) is 17.3 Å². The average Bonchev–Trinajstić information content (AvgIpc) is 2.77. The van der Waals surface area contributed by atoms with Crippen LogP contribution in [-0.4, -0.2) is 17.2 Å². The highest BCUT2D eigenvalue weighted by molar-refractivity contribution is 7.14. The predicted octanol–water partition coefficient (Wildman–Crippen LogP) is 3.29. The van der Waals surface area contributed by atoms with E-state index in [1.807, 2.05) is 0 Å². The van der Waals surface area contributed by atoms with Gasteiger partial charge in [0.25, 0.3) is 0 Å². The molecule has 1 aromatic carbocycles. The topological polar surface area (TPSA) is 50.3 Å². The van der Waals surface area contributed by atoms with E-state index in [4.69, 9.17) is 11.6 Å². The third-order valence-corrected chi connectivity index (χ3v) is 3.28. The Hall–Kier alpha value is -1.72. The van der Waals surface area contributed by atoms with Gasteiger partial charge in [0.2, 0.25) is 5.91 Å². The number of carbonyl (C=O) groups is 2. The van der Waals surface area contributed by atoms with Crippen molar-refractivity contribution in [1.82, 2.24) is 4.98 Å². The lowest BCUT2D eigenvalue weighted by molar-refractivity contribution is -0.115. The zero-order chi connectivity index (χ0) is 13.1. The standard InChI is InChI=1S/C12H9ClN2O2S/c1-8(17)15(11-4-2-3-9(13)5-11)12-14-10(6-16)7-18-12/h2-7H,1H3. The smallest absolute Gasteiger partial charge is 0.230 e. The Morgan fingerprint density at radius 3 is 2.83 bits per heavy atom. The molecule has 1 aromatic heterocycles. The number of anilines is 2. The van der Waals surface area contributed by atoms with Crippen molar-refractivity contribution in [2.75, 3.05) is 4.90 Å². The summed E-state index contributed by atoms with van der Waals surface area (Å²) in [6, 6.07) is 6.91. The fourth-order valence-corrected chi connectivity index (χ4v) is 2.49. The van der Waals surface area contributed by atoms with Crippen LogP contribution >= 0.6 is 22.9 Å². The fourth-order valence-electron chi connectivity index (χ4n) is 1.48. The van der Waals surface area contributed by atoms with Crippen molar-refractivity contribution in [3.8, 4) is 0 Å². The van der Waals surface area contributed by atoms with Gasteiger partial charge in [0.1, 0.15) is 5.69 Å². The van der Waals surface area contributed by atoms with Gasteiger partial charge in [0.05, 0.1) is 5.69 Å². The van der Waals surface area contributed by atoms with Crippen LogP contribution in [0.15, 0.2) is 29.6 Å². The molecule has 0 atom stereocenters. The van der Waals surface area contributed by atoms with Crippen molar-refractivity contribution >= 4 is 46.0 Å². The highest BCUT2D eigenvalue weighted by Gasteiger charge is 2.17. The van der Waals surface area contributed by atoms with Crippen LogP contribution < -0.4 is 4.90 Å². The number of thiazole rings is 1. The van der Waals surface area contributed by atoms with Gasteiger partial charge in [-0.1, -0.05) is 17.7 Å². The highest BCUT2D eigenvalue weighted by Crippen LogP contribution is 2.29. The van der Waals surface area contributed by atoms with Gasteiger partial charge in [-0.2, -0.15) is 0 Å². The van der Waals surface area contributed by atoms with Crippen molar-refractivity contribution in [3.05, 3.63) is 40.4 Å². The molecule has 0 N–H and O–H groups in total. The largest absolute Gasteiger partial charge is 0.296 e. The van der Waals surface area contributed by atoms with E-state index in [2.05, 4.69) is 4.98 Å². The third kappa shape index (κ3) is 2.57. The van der Waals surface area contributed by atoms with E-state index in [0.717, 1.165) is 0 Å². The Morgan fingerprint density at radius 2 is 2.28 bits per heavy atom. The number of hydrogen-bond acceptors (Lipinski definition) is 4. The number of carbonyl (C=O) groups excluding carboxylic acids is 2. The summed E-state index contributed by atoms with van der Waals surface area (Å²) in [6.45, 7) is 1.43. The van der Waals surface area contributed by atoms with E-state index in [1.54, 1.807) is 29.6 Å². The van der Waals surface area contributed by atoms with Crippen LogP contribution in [0.4, 0.5) is 10.8 Å². The molecule has 2 rings (SSSR count). The first-order valence-corrected chi connectivity index (χ1v) is 6.34. The number of aldehydes is 1. The molecule has 0 saturated carbocycles. The van der Waals surface area contributed by atoms with E-state index >= 15 is 0 Å². The molecule has 0 aliphatic rings. The Morgan fingerprint density at radius 1 is 1.50 bits per heavy atom. The van der Waals surface area contributed by atoms with Crippen molar-refractivity contribution in [2.24, 2.45) is 0 Å². The van der Waals surface area contributed by atoms with E-state index in [-0.39, 0.29) is 5.91 Å². The van der Waals surface area contributed by atoms with Crippen LogP contribution in [0.25, 0.3) is 0 Å². The number of halogens is 1. The summed E-state index contributed by atoms with van der Waals surface area (Å²) >= 11 is 7.13. The van der Waals surface area contributed by atoms with Crippen LogP contribution in [0.2, 0.25) is 5.02 Å². The van der Waals surface area contributed by atoms with Crippen LogP contribution in [0.5, 0.6) is 0 Å². The molecule has 0 aliphatic carbocycles. The number of benzene rings is 1. The fraction of sp³-hybridized carbons (Fsp3) is 0.0833. The summed E-state index contributed by atoms with van der Waals surface area (Å²) in [5.41, 5.74) is 0.935. The SMILES string of the molecule is CC(=O)N(c1cccc(Cl)c1)c1nc(C=O)cs1.